The summed E-state index contributed by atoms with van der Waals surface area (Å²) in [6.07, 6.45) is 1.45. The second kappa shape index (κ2) is 7.65. The summed E-state index contributed by atoms with van der Waals surface area (Å²) >= 11 is 0. The molecule has 2 amide bonds. The molecule has 0 atom stereocenters. The van der Waals surface area contributed by atoms with Crippen LogP contribution in [-0.2, 0) is 14.3 Å². The third-order valence-corrected chi connectivity index (χ3v) is 7.17. The van der Waals surface area contributed by atoms with Crippen molar-refractivity contribution in [2.45, 2.75) is 43.2 Å². The number of fused-ring (bicyclic) bond motifs is 3. The minimum Gasteiger partial charge on any atom is -0.481 e. The summed E-state index contributed by atoms with van der Waals surface area (Å²) in [5, 5.41) is 11.8. The molecule has 0 aromatic heterocycles. The highest BCUT2D eigenvalue weighted by Crippen LogP contribution is 2.45. The summed E-state index contributed by atoms with van der Waals surface area (Å²) in [4.78, 5) is 38.2. The fourth-order valence-electron chi connectivity index (χ4n) is 4.96. The first-order chi connectivity index (χ1) is 15.4. The van der Waals surface area contributed by atoms with Crippen LogP contribution in [0.25, 0.3) is 11.1 Å². The Balaban J connectivity index is 1.21. The van der Waals surface area contributed by atoms with E-state index in [0.29, 0.717) is 25.7 Å². The number of hydrogen-bond acceptors (Lipinski definition) is 4. The average Bonchev–Trinajstić information content (AvgIpc) is 3.45. The van der Waals surface area contributed by atoms with Crippen molar-refractivity contribution in [3.05, 3.63) is 59.7 Å². The highest BCUT2D eigenvalue weighted by atomic mass is 16.5. The van der Waals surface area contributed by atoms with Crippen LogP contribution in [0.1, 0.15) is 42.7 Å². The van der Waals surface area contributed by atoms with E-state index in [1.807, 2.05) is 24.3 Å². The van der Waals surface area contributed by atoms with Gasteiger partial charge in [0.15, 0.2) is 0 Å². The van der Waals surface area contributed by atoms with Gasteiger partial charge in [-0.1, -0.05) is 48.5 Å². The number of aliphatic carboxylic acids is 1. The number of benzene rings is 2. The zero-order valence-electron chi connectivity index (χ0n) is 17.9. The smallest absolute Gasteiger partial charge is 0.408 e. The van der Waals surface area contributed by atoms with Crippen LogP contribution in [0.3, 0.4) is 0 Å². The molecular weight excluding hydrogens is 408 g/mol. The molecule has 2 N–H and O–H groups in total. The van der Waals surface area contributed by atoms with Crippen LogP contribution < -0.4 is 5.32 Å². The quantitative estimate of drug-likeness (QED) is 0.727. The summed E-state index contributed by atoms with van der Waals surface area (Å²) in [5.41, 5.74) is 3.67. The third kappa shape index (κ3) is 3.42. The summed E-state index contributed by atoms with van der Waals surface area (Å²) in [6, 6.07) is 16.2. The molecule has 7 heteroatoms. The normalized spacial score (nSPS) is 22.2. The molecule has 0 saturated heterocycles. The lowest BCUT2D eigenvalue weighted by molar-refractivity contribution is -0.150. The topological polar surface area (TPSA) is 95.9 Å². The molecule has 5 rings (SSSR count). The Morgan fingerprint density at radius 1 is 1.03 bits per heavy atom. The minimum absolute atomic E-state index is 0.0374. The Morgan fingerprint density at radius 2 is 1.59 bits per heavy atom. The number of hydrogen-bond donors (Lipinski definition) is 2. The first kappa shape index (κ1) is 20.5. The van der Waals surface area contributed by atoms with Crippen LogP contribution in [0.15, 0.2) is 48.5 Å². The maximum Gasteiger partial charge on any atom is 0.408 e. The standard InChI is InChI=1S/C25H26N2O5/c1-27(16-12-15(13-16)22(28)29)23(30)25(10-11-25)26-24(31)32-14-21-19-8-4-2-6-17(19)18-7-3-5-9-20(18)21/h2-9,15-16,21H,10-14H2,1H3,(H,26,31)(H,28,29). The molecule has 0 unspecified atom stereocenters. The van der Waals surface area contributed by atoms with Crippen molar-refractivity contribution >= 4 is 18.0 Å². The van der Waals surface area contributed by atoms with Crippen molar-refractivity contribution in [1.29, 1.82) is 0 Å². The van der Waals surface area contributed by atoms with Crippen LogP contribution in [0.5, 0.6) is 0 Å². The summed E-state index contributed by atoms with van der Waals surface area (Å²) in [5.74, 6) is -1.41. The van der Waals surface area contributed by atoms with Crippen molar-refractivity contribution in [3.8, 4) is 11.1 Å². The van der Waals surface area contributed by atoms with Gasteiger partial charge in [-0.25, -0.2) is 4.79 Å². The van der Waals surface area contributed by atoms with Crippen LogP contribution in [0, 0.1) is 5.92 Å². The van der Waals surface area contributed by atoms with Gasteiger partial charge in [-0.15, -0.1) is 0 Å². The van der Waals surface area contributed by atoms with Gasteiger partial charge < -0.3 is 20.1 Å². The van der Waals surface area contributed by atoms with Crippen molar-refractivity contribution in [3.63, 3.8) is 0 Å². The Labute approximate surface area is 186 Å². The Bertz CT molecular complexity index is 1040. The van der Waals surface area contributed by atoms with Crippen molar-refractivity contribution in [1.82, 2.24) is 10.2 Å². The van der Waals surface area contributed by atoms with Gasteiger partial charge in [0.2, 0.25) is 5.91 Å². The lowest BCUT2D eigenvalue weighted by Gasteiger charge is -2.40. The first-order valence-corrected chi connectivity index (χ1v) is 11.0. The van der Waals surface area contributed by atoms with E-state index in [9.17, 15) is 14.4 Å². The highest BCUT2D eigenvalue weighted by Gasteiger charge is 2.55. The fourth-order valence-corrected chi connectivity index (χ4v) is 4.96. The summed E-state index contributed by atoms with van der Waals surface area (Å²) in [6.45, 7) is 0.197. The number of carbonyl (C=O) groups excluding carboxylic acids is 2. The lowest BCUT2D eigenvalue weighted by atomic mass is 9.79. The molecule has 166 valence electrons. The van der Waals surface area contributed by atoms with E-state index in [1.165, 1.54) is 0 Å². The number of carbonyl (C=O) groups is 3. The number of likely N-dealkylation sites (N-methyl/N-ethyl adjacent to an activating group) is 1. The van der Waals surface area contributed by atoms with Gasteiger partial charge in [0.1, 0.15) is 12.1 Å². The van der Waals surface area contributed by atoms with Gasteiger partial charge in [-0.05, 0) is 47.9 Å². The Hall–Kier alpha value is -3.35. The summed E-state index contributed by atoms with van der Waals surface area (Å²) < 4.78 is 5.60. The number of rotatable bonds is 6. The number of nitrogens with zero attached hydrogens (tertiary/aromatic N) is 1. The number of carboxylic acids is 1. The number of nitrogens with one attached hydrogen (secondary N) is 1. The molecule has 0 spiro atoms. The van der Waals surface area contributed by atoms with Gasteiger partial charge in [-0.2, -0.15) is 0 Å². The molecule has 2 saturated carbocycles. The highest BCUT2D eigenvalue weighted by molar-refractivity contribution is 5.93. The maximum absolute atomic E-state index is 13.0. The van der Waals surface area contributed by atoms with Crippen molar-refractivity contribution < 1.29 is 24.2 Å². The van der Waals surface area contributed by atoms with Gasteiger partial charge in [-0.3, -0.25) is 9.59 Å². The maximum atomic E-state index is 13.0. The SMILES string of the molecule is CN(C(=O)C1(NC(=O)OCC2c3ccccc3-c3ccccc32)CC1)C1CC(C(=O)O)C1. The molecular formula is C25H26N2O5. The van der Waals surface area contributed by atoms with Crippen molar-refractivity contribution in [2.24, 2.45) is 5.92 Å². The van der Waals surface area contributed by atoms with E-state index in [0.717, 1.165) is 22.3 Å². The van der Waals surface area contributed by atoms with Crippen LogP contribution in [0.4, 0.5) is 4.79 Å². The van der Waals surface area contributed by atoms with E-state index in [1.54, 1.807) is 11.9 Å². The summed E-state index contributed by atoms with van der Waals surface area (Å²) in [7, 11) is 1.69. The second-order valence-corrected chi connectivity index (χ2v) is 9.11. The molecule has 0 bridgehead atoms. The molecule has 32 heavy (non-hydrogen) atoms. The number of carboxylic acid groups (broad SMARTS) is 1. The monoisotopic (exact) mass is 434 g/mol. The van der Waals surface area contributed by atoms with Crippen LogP contribution in [-0.4, -0.2) is 53.2 Å². The molecule has 0 heterocycles. The van der Waals surface area contributed by atoms with Crippen LogP contribution >= 0.6 is 0 Å². The number of alkyl carbamates (subject to hydrolysis) is 1. The van der Waals surface area contributed by atoms with Gasteiger partial charge in [0.05, 0.1) is 5.92 Å². The molecule has 7 nitrogen and oxygen atoms in total. The fraction of sp³-hybridized carbons (Fsp3) is 0.400. The lowest BCUT2D eigenvalue weighted by Crippen LogP contribution is -2.55. The molecule has 0 aliphatic heterocycles. The predicted octanol–water partition coefficient (Wildman–Crippen LogP) is 3.38. The van der Waals surface area contributed by atoms with E-state index < -0.39 is 17.6 Å². The molecule has 2 aromatic rings. The van der Waals surface area contributed by atoms with Gasteiger partial charge >= 0.3 is 12.1 Å². The molecule has 2 fully saturated rings. The Morgan fingerprint density at radius 3 is 2.12 bits per heavy atom. The van der Waals surface area contributed by atoms with E-state index >= 15 is 0 Å². The van der Waals surface area contributed by atoms with Gasteiger partial charge in [0.25, 0.3) is 0 Å². The van der Waals surface area contributed by atoms with Crippen LogP contribution in [0.2, 0.25) is 0 Å². The predicted molar refractivity (Wildman–Crippen MR) is 117 cm³/mol. The molecule has 3 aliphatic carbocycles. The molecule has 0 radical (unpaired) electrons. The molecule has 2 aromatic carbocycles. The Kier molecular flexibility index (Phi) is 4.92. The van der Waals surface area contributed by atoms with Gasteiger partial charge in [0, 0.05) is 19.0 Å². The average molecular weight is 434 g/mol. The van der Waals surface area contributed by atoms with Crippen molar-refractivity contribution in [2.75, 3.05) is 13.7 Å². The molecule has 3 aliphatic rings. The van der Waals surface area contributed by atoms with E-state index in [4.69, 9.17) is 9.84 Å². The van der Waals surface area contributed by atoms with E-state index in [-0.39, 0.29) is 30.4 Å². The number of ether oxygens (including phenoxy) is 1. The minimum atomic E-state index is -0.925. The third-order valence-electron chi connectivity index (χ3n) is 7.17. The zero-order chi connectivity index (χ0) is 22.5. The largest absolute Gasteiger partial charge is 0.481 e. The zero-order valence-corrected chi connectivity index (χ0v) is 17.9. The second-order valence-electron chi connectivity index (χ2n) is 9.11. The first-order valence-electron chi connectivity index (χ1n) is 11.0. The van der Waals surface area contributed by atoms with E-state index in [2.05, 4.69) is 29.6 Å². The number of amides is 2.